The molecule has 1 amide bonds. The second-order valence-electron chi connectivity index (χ2n) is 4.45. The monoisotopic (exact) mass is 304 g/mol. The van der Waals surface area contributed by atoms with Crippen molar-refractivity contribution in [3.8, 4) is 0 Å². The van der Waals surface area contributed by atoms with Crippen molar-refractivity contribution in [2.75, 3.05) is 25.0 Å². The highest BCUT2D eigenvalue weighted by Gasteiger charge is 2.23. The molecule has 104 valence electrons. The molecule has 0 unspecified atom stereocenters. The largest absolute Gasteiger partial charge is 0.465 e. The molecule has 1 saturated heterocycles. The number of likely N-dealkylation sites (tertiary alicyclic amines) is 1. The van der Waals surface area contributed by atoms with Gasteiger partial charge in [-0.3, -0.25) is 0 Å². The average molecular weight is 305 g/mol. The highest BCUT2D eigenvalue weighted by atomic mass is 35.5. The zero-order chi connectivity index (χ0) is 13.8. The van der Waals surface area contributed by atoms with E-state index in [2.05, 4.69) is 15.3 Å². The van der Waals surface area contributed by atoms with Gasteiger partial charge in [0.25, 0.3) is 0 Å². The van der Waals surface area contributed by atoms with Crippen LogP contribution in [-0.4, -0.2) is 45.7 Å². The summed E-state index contributed by atoms with van der Waals surface area (Å²) in [6.07, 6.45) is 2.42. The summed E-state index contributed by atoms with van der Waals surface area (Å²) in [6.45, 7) is 1.74. The maximum atomic E-state index is 10.9. The lowest BCUT2D eigenvalue weighted by molar-refractivity contribution is 0.122. The first kappa shape index (κ1) is 14.1. The zero-order valence-corrected chi connectivity index (χ0v) is 11.7. The highest BCUT2D eigenvalue weighted by Crippen LogP contribution is 2.22. The molecule has 0 aliphatic carbocycles. The first-order valence-corrected chi connectivity index (χ1v) is 6.71. The summed E-state index contributed by atoms with van der Waals surface area (Å²) in [4.78, 5) is 20.1. The van der Waals surface area contributed by atoms with Gasteiger partial charge < -0.3 is 15.3 Å². The molecule has 1 aromatic rings. The molecule has 1 aromatic heterocycles. The van der Waals surface area contributed by atoms with Gasteiger partial charge in [0.15, 0.2) is 0 Å². The summed E-state index contributed by atoms with van der Waals surface area (Å²) in [5, 5.41) is 12.6. The Kier molecular flexibility index (Phi) is 4.66. The summed E-state index contributed by atoms with van der Waals surface area (Å²) >= 11 is 11.6. The summed E-state index contributed by atoms with van der Waals surface area (Å²) in [6, 6.07) is 0. The van der Waals surface area contributed by atoms with Gasteiger partial charge in [-0.05, 0) is 30.4 Å². The fourth-order valence-corrected chi connectivity index (χ4v) is 2.41. The van der Waals surface area contributed by atoms with Crippen molar-refractivity contribution in [3.63, 3.8) is 0 Å². The number of nitrogens with one attached hydrogen (secondary N) is 1. The van der Waals surface area contributed by atoms with Gasteiger partial charge in [-0.1, -0.05) is 11.6 Å². The molecule has 0 bridgehead atoms. The fourth-order valence-electron chi connectivity index (χ4n) is 2.12. The third kappa shape index (κ3) is 3.84. The Balaban J connectivity index is 1.91. The second-order valence-corrected chi connectivity index (χ2v) is 5.20. The SMILES string of the molecule is O=C(O)N1CCC[C@@H](CNc2nc(Cl)ncc2Cl)C1. The minimum Gasteiger partial charge on any atom is -0.465 e. The summed E-state index contributed by atoms with van der Waals surface area (Å²) in [5.74, 6) is 0.726. The third-order valence-corrected chi connectivity index (χ3v) is 3.52. The van der Waals surface area contributed by atoms with Crippen molar-refractivity contribution < 1.29 is 9.90 Å². The van der Waals surface area contributed by atoms with E-state index < -0.39 is 6.09 Å². The molecule has 1 aliphatic rings. The number of rotatable bonds is 3. The maximum absolute atomic E-state index is 10.9. The van der Waals surface area contributed by atoms with E-state index in [1.54, 1.807) is 0 Å². The van der Waals surface area contributed by atoms with Gasteiger partial charge in [0.05, 0.1) is 6.20 Å². The van der Waals surface area contributed by atoms with E-state index in [0.717, 1.165) is 12.8 Å². The van der Waals surface area contributed by atoms with Gasteiger partial charge in [-0.25, -0.2) is 9.78 Å². The minimum absolute atomic E-state index is 0.128. The van der Waals surface area contributed by atoms with Crippen LogP contribution in [0, 0.1) is 5.92 Å². The summed E-state index contributed by atoms with van der Waals surface area (Å²) < 4.78 is 0. The van der Waals surface area contributed by atoms with Crippen LogP contribution in [0.1, 0.15) is 12.8 Å². The molecule has 2 N–H and O–H groups in total. The summed E-state index contributed by atoms with van der Waals surface area (Å²) in [7, 11) is 0. The summed E-state index contributed by atoms with van der Waals surface area (Å²) in [5.41, 5.74) is 0. The van der Waals surface area contributed by atoms with Crippen molar-refractivity contribution in [2.24, 2.45) is 5.92 Å². The molecule has 1 atom stereocenters. The second kappa shape index (κ2) is 6.25. The lowest BCUT2D eigenvalue weighted by atomic mass is 9.98. The van der Waals surface area contributed by atoms with Gasteiger partial charge in [0, 0.05) is 19.6 Å². The molecule has 0 saturated carbocycles. The Hall–Kier alpha value is -1.27. The molecule has 2 heterocycles. The number of hydrogen-bond donors (Lipinski definition) is 2. The van der Waals surface area contributed by atoms with Crippen LogP contribution in [0.15, 0.2) is 6.20 Å². The molecule has 0 aromatic carbocycles. The van der Waals surface area contributed by atoms with Crippen molar-refractivity contribution in [3.05, 3.63) is 16.5 Å². The molecule has 8 heteroatoms. The number of carboxylic acid groups (broad SMARTS) is 1. The van der Waals surface area contributed by atoms with Crippen LogP contribution in [0.4, 0.5) is 10.6 Å². The molecule has 0 radical (unpaired) electrons. The molecule has 0 spiro atoms. The van der Waals surface area contributed by atoms with Gasteiger partial charge in [-0.15, -0.1) is 0 Å². The van der Waals surface area contributed by atoms with E-state index >= 15 is 0 Å². The van der Waals surface area contributed by atoms with E-state index in [9.17, 15) is 4.79 Å². The van der Waals surface area contributed by atoms with Gasteiger partial charge in [-0.2, -0.15) is 4.98 Å². The van der Waals surface area contributed by atoms with Crippen molar-refractivity contribution >= 4 is 35.1 Å². The number of hydrogen-bond acceptors (Lipinski definition) is 4. The third-order valence-electron chi connectivity index (χ3n) is 3.06. The first-order chi connectivity index (χ1) is 9.06. The van der Waals surface area contributed by atoms with Gasteiger partial charge in [0.2, 0.25) is 5.28 Å². The molecule has 19 heavy (non-hydrogen) atoms. The number of anilines is 1. The Morgan fingerprint density at radius 2 is 2.37 bits per heavy atom. The van der Waals surface area contributed by atoms with E-state index in [1.807, 2.05) is 0 Å². The standard InChI is InChI=1S/C11H14Cl2N4O2/c12-8-5-15-10(13)16-9(8)14-4-7-2-1-3-17(6-7)11(18)19/h5,7H,1-4,6H2,(H,18,19)(H,14,15,16)/t7-/m0/s1. The van der Waals surface area contributed by atoms with Crippen LogP contribution in [0.5, 0.6) is 0 Å². The van der Waals surface area contributed by atoms with Crippen LogP contribution in [0.25, 0.3) is 0 Å². The molecule has 2 rings (SSSR count). The Morgan fingerprint density at radius 3 is 3.11 bits per heavy atom. The van der Waals surface area contributed by atoms with E-state index in [1.165, 1.54) is 11.1 Å². The smallest absolute Gasteiger partial charge is 0.407 e. The lowest BCUT2D eigenvalue weighted by Crippen LogP contribution is -2.41. The van der Waals surface area contributed by atoms with Gasteiger partial charge >= 0.3 is 6.09 Å². The minimum atomic E-state index is -0.868. The highest BCUT2D eigenvalue weighted by molar-refractivity contribution is 6.33. The Labute approximate surface area is 120 Å². The Morgan fingerprint density at radius 1 is 1.58 bits per heavy atom. The Bertz CT molecular complexity index is 472. The van der Waals surface area contributed by atoms with Crippen LogP contribution in [-0.2, 0) is 0 Å². The molecule has 1 aliphatic heterocycles. The van der Waals surface area contributed by atoms with E-state index in [0.29, 0.717) is 30.5 Å². The van der Waals surface area contributed by atoms with E-state index in [4.69, 9.17) is 28.3 Å². The number of nitrogens with zero attached hydrogens (tertiary/aromatic N) is 3. The molecular weight excluding hydrogens is 291 g/mol. The topological polar surface area (TPSA) is 78.4 Å². The molecular formula is C11H14Cl2N4O2. The molecule has 6 nitrogen and oxygen atoms in total. The fraction of sp³-hybridized carbons (Fsp3) is 0.545. The van der Waals surface area contributed by atoms with Crippen LogP contribution in [0.3, 0.4) is 0 Å². The van der Waals surface area contributed by atoms with E-state index in [-0.39, 0.29) is 11.2 Å². The quantitative estimate of drug-likeness (QED) is 0.839. The number of halogens is 2. The van der Waals surface area contributed by atoms with Crippen LogP contribution < -0.4 is 5.32 Å². The predicted octanol–water partition coefficient (Wildman–Crippen LogP) is 2.59. The van der Waals surface area contributed by atoms with Gasteiger partial charge in [0.1, 0.15) is 10.8 Å². The average Bonchev–Trinajstić information content (AvgIpc) is 2.40. The zero-order valence-electron chi connectivity index (χ0n) is 10.1. The lowest BCUT2D eigenvalue weighted by Gasteiger charge is -2.30. The molecule has 1 fully saturated rings. The van der Waals surface area contributed by atoms with Crippen molar-refractivity contribution in [1.82, 2.24) is 14.9 Å². The maximum Gasteiger partial charge on any atom is 0.407 e. The number of carbonyl (C=O) groups is 1. The first-order valence-electron chi connectivity index (χ1n) is 5.96. The van der Waals surface area contributed by atoms with Crippen LogP contribution >= 0.6 is 23.2 Å². The number of aromatic nitrogens is 2. The normalized spacial score (nSPS) is 19.3. The van der Waals surface area contributed by atoms with Crippen LogP contribution in [0.2, 0.25) is 10.3 Å². The predicted molar refractivity (Wildman–Crippen MR) is 72.9 cm³/mol. The number of piperidine rings is 1. The van der Waals surface area contributed by atoms with Crippen molar-refractivity contribution in [1.29, 1.82) is 0 Å². The number of amides is 1. The van der Waals surface area contributed by atoms with Crippen molar-refractivity contribution in [2.45, 2.75) is 12.8 Å².